The van der Waals surface area contributed by atoms with Crippen LogP contribution in [0.5, 0.6) is 0 Å². The van der Waals surface area contributed by atoms with Crippen molar-refractivity contribution in [2.24, 2.45) is 0 Å². The molecular weight excluding hydrogens is 228 g/mol. The van der Waals surface area contributed by atoms with Gasteiger partial charge in [0.1, 0.15) is 5.00 Å². The van der Waals surface area contributed by atoms with Crippen LogP contribution in [0.1, 0.15) is 10.7 Å². The van der Waals surface area contributed by atoms with Gasteiger partial charge in [0.2, 0.25) is 0 Å². The van der Waals surface area contributed by atoms with Crippen LogP contribution in [-0.4, -0.2) is 16.5 Å². The molecule has 80 valence electrons. The monoisotopic (exact) mass is 240 g/mol. The molecule has 0 aromatic carbocycles. The fourth-order valence-corrected chi connectivity index (χ4v) is 2.44. The molecule has 0 spiro atoms. The molecule has 4 nitrogen and oxygen atoms in total. The number of nitrogens with zero attached hydrogens (tertiary/aromatic N) is 2. The van der Waals surface area contributed by atoms with E-state index in [1.54, 1.807) is 17.5 Å². The predicted molar refractivity (Wildman–Crippen MR) is 65.6 cm³/mol. The van der Waals surface area contributed by atoms with E-state index >= 15 is 0 Å². The second-order valence-electron chi connectivity index (χ2n) is 3.10. The van der Waals surface area contributed by atoms with Gasteiger partial charge in [-0.25, -0.2) is 9.97 Å². The molecule has 0 bridgehead atoms. The number of aryl methyl sites for hydroxylation is 1. The quantitative estimate of drug-likeness (QED) is 0.859. The van der Waals surface area contributed by atoms with Crippen LogP contribution >= 0.6 is 22.7 Å². The zero-order chi connectivity index (χ0) is 10.7. The van der Waals surface area contributed by atoms with Crippen molar-refractivity contribution in [1.29, 1.82) is 0 Å². The summed E-state index contributed by atoms with van der Waals surface area (Å²) in [7, 11) is 0. The Hall–Kier alpha value is -1.14. The minimum Gasteiger partial charge on any atom is -0.389 e. The average molecular weight is 240 g/mol. The Labute approximate surface area is 96.2 Å². The van der Waals surface area contributed by atoms with Gasteiger partial charge in [-0.1, -0.05) is 11.3 Å². The molecule has 0 saturated heterocycles. The Morgan fingerprint density at radius 1 is 1.53 bits per heavy atom. The first-order chi connectivity index (χ1) is 7.24. The van der Waals surface area contributed by atoms with Crippen molar-refractivity contribution in [3.8, 4) is 0 Å². The Balaban J connectivity index is 1.80. The SMILES string of the molecule is Cc1nc(CCNc2ncc(N)s2)cs1. The lowest BCUT2D eigenvalue weighted by molar-refractivity contribution is 0.966. The minimum atomic E-state index is 0.738. The molecule has 0 aliphatic rings. The maximum Gasteiger partial charge on any atom is 0.184 e. The highest BCUT2D eigenvalue weighted by Gasteiger charge is 2.00. The summed E-state index contributed by atoms with van der Waals surface area (Å²) in [5, 5.41) is 8.03. The summed E-state index contributed by atoms with van der Waals surface area (Å²) >= 11 is 3.15. The lowest BCUT2D eigenvalue weighted by Crippen LogP contribution is -2.04. The zero-order valence-corrected chi connectivity index (χ0v) is 9.99. The van der Waals surface area contributed by atoms with Gasteiger partial charge in [-0.2, -0.15) is 0 Å². The molecule has 0 unspecified atom stereocenters. The van der Waals surface area contributed by atoms with Gasteiger partial charge in [0.25, 0.3) is 0 Å². The maximum absolute atomic E-state index is 5.57. The van der Waals surface area contributed by atoms with Gasteiger partial charge in [0.05, 0.1) is 16.9 Å². The maximum atomic E-state index is 5.57. The molecule has 2 aromatic rings. The lowest BCUT2D eigenvalue weighted by atomic mass is 10.3. The molecular formula is C9H12N4S2. The number of nitrogen functional groups attached to an aromatic ring is 1. The third kappa shape index (κ3) is 2.90. The van der Waals surface area contributed by atoms with Gasteiger partial charge in [-0.15, -0.1) is 11.3 Å². The first-order valence-electron chi connectivity index (χ1n) is 4.60. The van der Waals surface area contributed by atoms with E-state index in [0.29, 0.717) is 0 Å². The molecule has 0 aliphatic heterocycles. The van der Waals surface area contributed by atoms with E-state index in [0.717, 1.165) is 33.8 Å². The zero-order valence-electron chi connectivity index (χ0n) is 8.36. The van der Waals surface area contributed by atoms with Crippen LogP contribution < -0.4 is 11.1 Å². The van der Waals surface area contributed by atoms with Crippen LogP contribution in [0.3, 0.4) is 0 Å². The van der Waals surface area contributed by atoms with Gasteiger partial charge >= 0.3 is 0 Å². The molecule has 0 atom stereocenters. The van der Waals surface area contributed by atoms with E-state index in [9.17, 15) is 0 Å². The van der Waals surface area contributed by atoms with Crippen molar-refractivity contribution in [2.45, 2.75) is 13.3 Å². The summed E-state index contributed by atoms with van der Waals surface area (Å²) in [6, 6.07) is 0. The Bertz CT molecular complexity index is 395. The first kappa shape index (κ1) is 10.4. The molecule has 3 N–H and O–H groups in total. The van der Waals surface area contributed by atoms with Crippen molar-refractivity contribution in [2.75, 3.05) is 17.6 Å². The molecule has 6 heteroatoms. The normalized spacial score (nSPS) is 10.5. The van der Waals surface area contributed by atoms with E-state index in [1.807, 2.05) is 6.92 Å². The fraction of sp³-hybridized carbons (Fsp3) is 0.333. The van der Waals surface area contributed by atoms with Crippen LogP contribution in [0.15, 0.2) is 11.6 Å². The standard InChI is InChI=1S/C9H12N4S2/c1-6-13-7(5-14-6)2-3-11-9-12-4-8(10)15-9/h4-5H,2-3,10H2,1H3,(H,11,12). The van der Waals surface area contributed by atoms with Gasteiger partial charge in [-0.3, -0.25) is 0 Å². The fourth-order valence-electron chi connectivity index (χ4n) is 1.19. The smallest absolute Gasteiger partial charge is 0.184 e. The lowest BCUT2D eigenvalue weighted by Gasteiger charge is -1.99. The number of hydrogen-bond acceptors (Lipinski definition) is 6. The van der Waals surface area contributed by atoms with Gasteiger partial charge in [0, 0.05) is 18.3 Å². The molecule has 0 fully saturated rings. The largest absolute Gasteiger partial charge is 0.389 e. The number of nitrogens with two attached hydrogens (primary N) is 1. The molecule has 0 saturated carbocycles. The number of rotatable bonds is 4. The molecule has 0 aliphatic carbocycles. The number of nitrogens with one attached hydrogen (secondary N) is 1. The van der Waals surface area contributed by atoms with Gasteiger partial charge < -0.3 is 11.1 Å². The van der Waals surface area contributed by atoms with Crippen molar-refractivity contribution < 1.29 is 0 Å². The third-order valence-electron chi connectivity index (χ3n) is 1.85. The second-order valence-corrected chi connectivity index (χ2v) is 5.23. The topological polar surface area (TPSA) is 63.8 Å². The first-order valence-corrected chi connectivity index (χ1v) is 6.30. The molecule has 2 rings (SSSR count). The van der Waals surface area contributed by atoms with E-state index in [4.69, 9.17) is 5.73 Å². The predicted octanol–water partition coefficient (Wildman–Crippen LogP) is 2.14. The van der Waals surface area contributed by atoms with Gasteiger partial charge in [0.15, 0.2) is 5.13 Å². The molecule has 0 radical (unpaired) electrons. The minimum absolute atomic E-state index is 0.738. The number of hydrogen-bond donors (Lipinski definition) is 2. The van der Waals surface area contributed by atoms with Crippen molar-refractivity contribution in [3.05, 3.63) is 22.3 Å². The van der Waals surface area contributed by atoms with E-state index in [-0.39, 0.29) is 0 Å². The summed E-state index contributed by atoms with van der Waals surface area (Å²) in [6.45, 7) is 2.86. The second kappa shape index (κ2) is 4.59. The summed E-state index contributed by atoms with van der Waals surface area (Å²) in [5.41, 5.74) is 6.70. The molecule has 2 aromatic heterocycles. The molecule has 15 heavy (non-hydrogen) atoms. The van der Waals surface area contributed by atoms with Crippen LogP contribution in [0.2, 0.25) is 0 Å². The van der Waals surface area contributed by atoms with Crippen LogP contribution in [-0.2, 0) is 6.42 Å². The Morgan fingerprint density at radius 2 is 2.40 bits per heavy atom. The average Bonchev–Trinajstić information content (AvgIpc) is 2.76. The van der Waals surface area contributed by atoms with E-state index < -0.39 is 0 Å². The Kier molecular flexibility index (Phi) is 3.17. The van der Waals surface area contributed by atoms with Crippen LogP contribution in [0.25, 0.3) is 0 Å². The van der Waals surface area contributed by atoms with E-state index in [1.165, 1.54) is 11.3 Å². The Morgan fingerprint density at radius 3 is 3.00 bits per heavy atom. The van der Waals surface area contributed by atoms with Crippen molar-refractivity contribution in [3.63, 3.8) is 0 Å². The van der Waals surface area contributed by atoms with Crippen LogP contribution in [0, 0.1) is 6.92 Å². The highest BCUT2D eigenvalue weighted by atomic mass is 32.1. The molecule has 0 amide bonds. The van der Waals surface area contributed by atoms with Gasteiger partial charge in [-0.05, 0) is 6.92 Å². The highest BCUT2D eigenvalue weighted by Crippen LogP contribution is 2.19. The summed E-state index contributed by atoms with van der Waals surface area (Å²) in [4.78, 5) is 8.50. The highest BCUT2D eigenvalue weighted by molar-refractivity contribution is 7.19. The number of thiazole rings is 2. The summed E-state index contributed by atoms with van der Waals surface area (Å²) in [6.07, 6.45) is 2.59. The third-order valence-corrected chi connectivity index (χ3v) is 3.45. The summed E-state index contributed by atoms with van der Waals surface area (Å²) in [5.74, 6) is 0. The van der Waals surface area contributed by atoms with E-state index in [2.05, 4.69) is 20.7 Å². The molecule has 2 heterocycles. The summed E-state index contributed by atoms with van der Waals surface area (Å²) < 4.78 is 0. The van der Waals surface area contributed by atoms with Crippen molar-refractivity contribution >= 4 is 32.8 Å². The number of anilines is 2. The van der Waals surface area contributed by atoms with Crippen molar-refractivity contribution in [1.82, 2.24) is 9.97 Å². The van der Waals surface area contributed by atoms with Crippen LogP contribution in [0.4, 0.5) is 10.1 Å². The number of aromatic nitrogens is 2.